The Hall–Kier alpha value is -2.02. The molecule has 7 nitrogen and oxygen atoms in total. The molecule has 0 aliphatic rings. The van der Waals surface area contributed by atoms with Crippen molar-refractivity contribution >= 4 is 23.5 Å². The number of aryl methyl sites for hydroxylation is 1. The molecular formula is C10H12ClN7. The van der Waals surface area contributed by atoms with Gasteiger partial charge in [0.2, 0.25) is 17.2 Å². The standard InChI is InChI=1S/C10H12ClN7/c1-6-13-4-3-7(15-6)5-14-10-17-8(11)16-9(12-2)18-10/h3-4H,5H2,1-2H3,(H2,12,14,16,17,18). The highest BCUT2D eigenvalue weighted by atomic mass is 35.5. The normalized spacial score (nSPS) is 10.2. The second-order valence-corrected chi connectivity index (χ2v) is 3.79. The Bertz CT molecular complexity index is 545. The minimum Gasteiger partial charge on any atom is -0.357 e. The van der Waals surface area contributed by atoms with Crippen molar-refractivity contribution < 1.29 is 0 Å². The van der Waals surface area contributed by atoms with Crippen molar-refractivity contribution in [3.05, 3.63) is 29.1 Å². The molecule has 2 aromatic heterocycles. The highest BCUT2D eigenvalue weighted by Gasteiger charge is 2.04. The Morgan fingerprint density at radius 2 is 1.94 bits per heavy atom. The lowest BCUT2D eigenvalue weighted by atomic mass is 10.4. The fourth-order valence-corrected chi connectivity index (χ4v) is 1.47. The molecule has 0 aliphatic carbocycles. The summed E-state index contributed by atoms with van der Waals surface area (Å²) in [6, 6.07) is 1.82. The number of nitrogens with zero attached hydrogens (tertiary/aromatic N) is 5. The summed E-state index contributed by atoms with van der Waals surface area (Å²) in [6.45, 7) is 2.33. The van der Waals surface area contributed by atoms with Crippen LogP contribution >= 0.6 is 11.6 Å². The Balaban J connectivity index is 2.08. The van der Waals surface area contributed by atoms with Crippen molar-refractivity contribution in [2.45, 2.75) is 13.5 Å². The molecule has 0 saturated heterocycles. The van der Waals surface area contributed by atoms with Crippen molar-refractivity contribution in [1.29, 1.82) is 0 Å². The molecule has 2 rings (SSSR count). The maximum Gasteiger partial charge on any atom is 0.229 e. The third-order valence-corrected chi connectivity index (χ3v) is 2.26. The van der Waals surface area contributed by atoms with Gasteiger partial charge in [-0.15, -0.1) is 0 Å². The summed E-state index contributed by atoms with van der Waals surface area (Å²) < 4.78 is 0. The Morgan fingerprint density at radius 3 is 2.67 bits per heavy atom. The molecule has 0 radical (unpaired) electrons. The van der Waals surface area contributed by atoms with Crippen molar-refractivity contribution in [2.24, 2.45) is 0 Å². The van der Waals surface area contributed by atoms with Gasteiger partial charge in [-0.2, -0.15) is 15.0 Å². The van der Waals surface area contributed by atoms with E-state index < -0.39 is 0 Å². The molecular weight excluding hydrogens is 254 g/mol. The minimum absolute atomic E-state index is 0.135. The molecule has 0 saturated carbocycles. The fourth-order valence-electron chi connectivity index (χ4n) is 1.31. The van der Waals surface area contributed by atoms with E-state index in [1.165, 1.54) is 0 Å². The van der Waals surface area contributed by atoms with Gasteiger partial charge in [-0.3, -0.25) is 0 Å². The molecule has 2 aromatic rings. The Labute approximate surface area is 109 Å². The van der Waals surface area contributed by atoms with Crippen LogP contribution in [0.2, 0.25) is 5.28 Å². The molecule has 2 heterocycles. The second-order valence-electron chi connectivity index (χ2n) is 3.45. The first-order valence-electron chi connectivity index (χ1n) is 5.29. The Morgan fingerprint density at radius 1 is 1.17 bits per heavy atom. The molecule has 0 bridgehead atoms. The molecule has 0 atom stereocenters. The topological polar surface area (TPSA) is 88.5 Å². The lowest BCUT2D eigenvalue weighted by Crippen LogP contribution is -2.08. The molecule has 0 aliphatic heterocycles. The van der Waals surface area contributed by atoms with E-state index in [0.717, 1.165) is 11.5 Å². The van der Waals surface area contributed by atoms with Gasteiger partial charge in [0.25, 0.3) is 0 Å². The van der Waals surface area contributed by atoms with Gasteiger partial charge in [0, 0.05) is 13.2 Å². The van der Waals surface area contributed by atoms with Gasteiger partial charge in [-0.05, 0) is 24.6 Å². The molecule has 0 spiro atoms. The predicted molar refractivity (Wildman–Crippen MR) is 68.5 cm³/mol. The predicted octanol–water partition coefficient (Wildman–Crippen LogP) is 1.28. The van der Waals surface area contributed by atoms with E-state index in [2.05, 4.69) is 35.6 Å². The maximum absolute atomic E-state index is 5.77. The third kappa shape index (κ3) is 3.24. The van der Waals surface area contributed by atoms with Crippen molar-refractivity contribution in [2.75, 3.05) is 17.7 Å². The molecule has 0 fully saturated rings. The van der Waals surface area contributed by atoms with E-state index in [4.69, 9.17) is 11.6 Å². The summed E-state index contributed by atoms with van der Waals surface area (Å²) in [6.07, 6.45) is 1.71. The van der Waals surface area contributed by atoms with Gasteiger partial charge < -0.3 is 10.6 Å². The number of hydrogen-bond acceptors (Lipinski definition) is 7. The maximum atomic E-state index is 5.77. The molecule has 0 unspecified atom stereocenters. The zero-order chi connectivity index (χ0) is 13.0. The fraction of sp³-hybridized carbons (Fsp3) is 0.300. The van der Waals surface area contributed by atoms with E-state index in [1.807, 2.05) is 13.0 Å². The Kier molecular flexibility index (Phi) is 3.83. The largest absolute Gasteiger partial charge is 0.357 e. The van der Waals surface area contributed by atoms with Crippen LogP contribution in [0.3, 0.4) is 0 Å². The van der Waals surface area contributed by atoms with Gasteiger partial charge in [0.15, 0.2) is 0 Å². The number of anilines is 2. The van der Waals surface area contributed by atoms with Gasteiger partial charge in [0.05, 0.1) is 12.2 Å². The molecule has 0 aromatic carbocycles. The zero-order valence-electron chi connectivity index (χ0n) is 9.98. The third-order valence-electron chi connectivity index (χ3n) is 2.09. The van der Waals surface area contributed by atoms with Crippen LogP contribution in [0.15, 0.2) is 12.3 Å². The summed E-state index contributed by atoms with van der Waals surface area (Å²) >= 11 is 5.77. The van der Waals surface area contributed by atoms with E-state index >= 15 is 0 Å². The summed E-state index contributed by atoms with van der Waals surface area (Å²) in [4.78, 5) is 20.3. The SMILES string of the molecule is CNc1nc(Cl)nc(NCc2ccnc(C)n2)n1. The number of rotatable bonds is 4. The second kappa shape index (κ2) is 5.54. The quantitative estimate of drug-likeness (QED) is 0.861. The molecule has 94 valence electrons. The van der Waals surface area contributed by atoms with Crippen LogP contribution in [-0.2, 0) is 6.54 Å². The van der Waals surface area contributed by atoms with E-state index in [-0.39, 0.29) is 5.28 Å². The number of halogens is 1. The molecule has 18 heavy (non-hydrogen) atoms. The van der Waals surface area contributed by atoms with Gasteiger partial charge in [-0.1, -0.05) is 0 Å². The number of aromatic nitrogens is 5. The van der Waals surface area contributed by atoms with Gasteiger partial charge >= 0.3 is 0 Å². The first-order valence-corrected chi connectivity index (χ1v) is 5.67. The van der Waals surface area contributed by atoms with Crippen molar-refractivity contribution in [3.63, 3.8) is 0 Å². The van der Waals surface area contributed by atoms with Crippen molar-refractivity contribution in [3.8, 4) is 0 Å². The van der Waals surface area contributed by atoms with Gasteiger partial charge in [0.1, 0.15) is 5.82 Å². The van der Waals surface area contributed by atoms with E-state index in [9.17, 15) is 0 Å². The van der Waals surface area contributed by atoms with E-state index in [0.29, 0.717) is 18.4 Å². The summed E-state index contributed by atoms with van der Waals surface area (Å²) in [5.41, 5.74) is 0.852. The highest BCUT2D eigenvalue weighted by Crippen LogP contribution is 2.09. The smallest absolute Gasteiger partial charge is 0.229 e. The minimum atomic E-state index is 0.135. The monoisotopic (exact) mass is 265 g/mol. The highest BCUT2D eigenvalue weighted by molar-refractivity contribution is 6.28. The summed E-state index contributed by atoms with van der Waals surface area (Å²) in [5.74, 6) is 1.53. The van der Waals surface area contributed by atoms with Crippen LogP contribution in [0.1, 0.15) is 11.5 Å². The van der Waals surface area contributed by atoms with E-state index in [1.54, 1.807) is 13.2 Å². The summed E-state index contributed by atoms with van der Waals surface area (Å²) in [7, 11) is 1.71. The average molecular weight is 266 g/mol. The zero-order valence-corrected chi connectivity index (χ0v) is 10.7. The number of nitrogens with one attached hydrogen (secondary N) is 2. The van der Waals surface area contributed by atoms with Crippen LogP contribution in [-0.4, -0.2) is 32.0 Å². The summed E-state index contributed by atoms with van der Waals surface area (Å²) in [5, 5.41) is 5.96. The van der Waals surface area contributed by atoms with Crippen LogP contribution < -0.4 is 10.6 Å². The van der Waals surface area contributed by atoms with Crippen LogP contribution in [0.5, 0.6) is 0 Å². The molecule has 0 amide bonds. The number of hydrogen-bond donors (Lipinski definition) is 2. The molecule has 8 heteroatoms. The molecule has 2 N–H and O–H groups in total. The lowest BCUT2D eigenvalue weighted by molar-refractivity contribution is 0.932. The van der Waals surface area contributed by atoms with Crippen LogP contribution in [0.4, 0.5) is 11.9 Å². The first kappa shape index (κ1) is 12.4. The van der Waals surface area contributed by atoms with Crippen LogP contribution in [0, 0.1) is 6.92 Å². The first-order chi connectivity index (χ1) is 8.67. The van der Waals surface area contributed by atoms with Crippen LogP contribution in [0.25, 0.3) is 0 Å². The van der Waals surface area contributed by atoms with Crippen molar-refractivity contribution in [1.82, 2.24) is 24.9 Å². The van der Waals surface area contributed by atoms with Gasteiger partial charge in [-0.25, -0.2) is 9.97 Å². The lowest BCUT2D eigenvalue weighted by Gasteiger charge is -2.06. The average Bonchev–Trinajstić information content (AvgIpc) is 2.36.